The molecule has 0 atom stereocenters. The Bertz CT molecular complexity index is 645. The molecule has 1 fully saturated rings. The van der Waals surface area contributed by atoms with Crippen LogP contribution in [0.5, 0.6) is 0 Å². The first-order valence-electron chi connectivity index (χ1n) is 7.13. The maximum atomic E-state index is 11.9. The summed E-state index contributed by atoms with van der Waals surface area (Å²) in [7, 11) is -1.18. The van der Waals surface area contributed by atoms with E-state index >= 15 is 0 Å². The van der Waals surface area contributed by atoms with Gasteiger partial charge < -0.3 is 9.31 Å². The number of rotatable bonds is 4. The molecule has 1 saturated heterocycles. The highest BCUT2D eigenvalue weighted by Crippen LogP contribution is 2.36. The maximum Gasteiger partial charge on any atom is 0.494 e. The van der Waals surface area contributed by atoms with Crippen molar-refractivity contribution < 1.29 is 17.7 Å². The van der Waals surface area contributed by atoms with Gasteiger partial charge in [-0.3, -0.25) is 4.31 Å². The molecule has 122 valence electrons. The van der Waals surface area contributed by atoms with E-state index in [0.717, 1.165) is 5.46 Å². The van der Waals surface area contributed by atoms with E-state index in [0.29, 0.717) is 5.69 Å². The summed E-state index contributed by atoms with van der Waals surface area (Å²) < 4.78 is 39.2. The van der Waals surface area contributed by atoms with Gasteiger partial charge in [0.2, 0.25) is 0 Å². The van der Waals surface area contributed by atoms with Crippen LogP contribution < -0.4 is 14.5 Å². The zero-order valence-corrected chi connectivity index (χ0v) is 14.7. The second-order valence-corrected chi connectivity index (χ2v) is 8.27. The predicted octanol–water partition coefficient (Wildman–Crippen LogP) is 0.886. The van der Waals surface area contributed by atoms with Crippen LogP contribution in [0, 0.1) is 0 Å². The summed E-state index contributed by atoms with van der Waals surface area (Å²) in [6.07, 6.45) is 0. The van der Waals surface area contributed by atoms with Gasteiger partial charge in [-0.2, -0.15) is 8.42 Å². The van der Waals surface area contributed by atoms with Crippen molar-refractivity contribution >= 4 is 28.5 Å². The largest absolute Gasteiger partial charge is 0.494 e. The van der Waals surface area contributed by atoms with Crippen LogP contribution in [-0.4, -0.2) is 40.8 Å². The summed E-state index contributed by atoms with van der Waals surface area (Å²) in [5, 5.41) is 0. The Hall–Kier alpha value is -1.09. The summed E-state index contributed by atoms with van der Waals surface area (Å²) in [6, 6.07) is 7.14. The Morgan fingerprint density at radius 1 is 1.14 bits per heavy atom. The van der Waals surface area contributed by atoms with E-state index < -0.39 is 28.5 Å². The zero-order chi connectivity index (χ0) is 16.8. The Morgan fingerprint density at radius 2 is 1.68 bits per heavy atom. The summed E-state index contributed by atoms with van der Waals surface area (Å²) in [5.41, 5.74) is 0.462. The van der Waals surface area contributed by atoms with Crippen molar-refractivity contribution in [2.45, 2.75) is 38.9 Å². The molecule has 0 bridgehead atoms. The first-order valence-corrected chi connectivity index (χ1v) is 8.57. The first-order chi connectivity index (χ1) is 10.00. The van der Waals surface area contributed by atoms with Gasteiger partial charge >= 0.3 is 17.3 Å². The third-order valence-corrected chi connectivity index (χ3v) is 5.83. The number of nitrogens with zero attached hydrogens (tertiary/aromatic N) is 1. The van der Waals surface area contributed by atoms with Gasteiger partial charge in [0.1, 0.15) is 0 Å². The second-order valence-electron chi connectivity index (χ2n) is 6.36. The monoisotopic (exact) mass is 326 g/mol. The summed E-state index contributed by atoms with van der Waals surface area (Å²) in [4.78, 5) is 0. The van der Waals surface area contributed by atoms with Gasteiger partial charge in [-0.15, -0.1) is 0 Å². The summed E-state index contributed by atoms with van der Waals surface area (Å²) in [6.45, 7) is 7.92. The number of nitrogens with one attached hydrogen (secondary N) is 1. The molecule has 2 rings (SSSR count). The molecule has 1 aliphatic rings. The van der Waals surface area contributed by atoms with Crippen LogP contribution in [0.4, 0.5) is 5.69 Å². The van der Waals surface area contributed by atoms with Crippen LogP contribution in [-0.2, 0) is 19.5 Å². The van der Waals surface area contributed by atoms with Crippen molar-refractivity contribution in [3.8, 4) is 0 Å². The number of benzene rings is 1. The SMILES string of the molecule is CNS(=O)(=O)N(C)c1cccc(B2OC(C)(C)C(C)(C)O2)c1. The highest BCUT2D eigenvalue weighted by atomic mass is 32.2. The van der Waals surface area contributed by atoms with Gasteiger partial charge in [-0.1, -0.05) is 12.1 Å². The lowest BCUT2D eigenvalue weighted by Gasteiger charge is -2.32. The minimum Gasteiger partial charge on any atom is -0.399 e. The molecule has 1 N–H and O–H groups in total. The quantitative estimate of drug-likeness (QED) is 0.835. The summed E-state index contributed by atoms with van der Waals surface area (Å²) in [5.74, 6) is 0. The number of anilines is 1. The van der Waals surface area contributed by atoms with E-state index in [1.165, 1.54) is 18.4 Å². The molecule has 1 aromatic carbocycles. The molecular weight excluding hydrogens is 303 g/mol. The average molecular weight is 326 g/mol. The summed E-state index contributed by atoms with van der Waals surface area (Å²) >= 11 is 0. The first kappa shape index (κ1) is 17.3. The topological polar surface area (TPSA) is 67.9 Å². The Morgan fingerprint density at radius 3 is 2.18 bits per heavy atom. The van der Waals surface area contributed by atoms with Crippen LogP contribution in [0.25, 0.3) is 0 Å². The van der Waals surface area contributed by atoms with E-state index in [9.17, 15) is 8.42 Å². The van der Waals surface area contributed by atoms with Gasteiger partial charge in [-0.05, 0) is 45.3 Å². The molecule has 0 unspecified atom stereocenters. The fourth-order valence-corrected chi connectivity index (χ4v) is 2.79. The van der Waals surface area contributed by atoms with Crippen LogP contribution in [0.1, 0.15) is 27.7 Å². The molecule has 8 heteroatoms. The zero-order valence-electron chi connectivity index (χ0n) is 13.9. The standard InChI is InChI=1S/C14H23BN2O4S/c1-13(2)14(3,4)21-15(20-13)11-8-7-9-12(10-11)17(6)22(18,19)16-5/h7-10,16H,1-6H3. The minimum atomic E-state index is -3.54. The molecule has 1 aromatic rings. The molecule has 0 radical (unpaired) electrons. The van der Waals surface area contributed by atoms with Crippen LogP contribution in [0.2, 0.25) is 0 Å². The molecule has 22 heavy (non-hydrogen) atoms. The third kappa shape index (κ3) is 3.01. The third-order valence-electron chi connectivity index (χ3n) is 4.38. The van der Waals surface area contributed by atoms with Crippen LogP contribution in [0.15, 0.2) is 24.3 Å². The molecule has 0 spiro atoms. The molecule has 0 aliphatic carbocycles. The van der Waals surface area contributed by atoms with E-state index in [2.05, 4.69) is 4.72 Å². The van der Waals surface area contributed by atoms with Gasteiger partial charge in [-0.25, -0.2) is 4.72 Å². The molecule has 0 amide bonds. The molecule has 0 aromatic heterocycles. The Labute approximate surface area is 133 Å². The van der Waals surface area contributed by atoms with Gasteiger partial charge in [0, 0.05) is 14.1 Å². The molecule has 0 saturated carbocycles. The van der Waals surface area contributed by atoms with Gasteiger partial charge in [0.05, 0.1) is 16.9 Å². The van der Waals surface area contributed by atoms with Crippen molar-refractivity contribution in [2.24, 2.45) is 0 Å². The molecular formula is C14H23BN2O4S. The average Bonchev–Trinajstić information content (AvgIpc) is 2.67. The van der Waals surface area contributed by atoms with Gasteiger partial charge in [0.25, 0.3) is 0 Å². The van der Waals surface area contributed by atoms with Crippen LogP contribution in [0.3, 0.4) is 0 Å². The fourth-order valence-electron chi connectivity index (χ4n) is 2.12. The van der Waals surface area contributed by atoms with Crippen molar-refractivity contribution in [1.82, 2.24) is 4.72 Å². The van der Waals surface area contributed by atoms with Gasteiger partial charge in [0.15, 0.2) is 0 Å². The maximum absolute atomic E-state index is 11.9. The van der Waals surface area contributed by atoms with Crippen molar-refractivity contribution in [1.29, 1.82) is 0 Å². The Kier molecular flexibility index (Phi) is 4.34. The number of hydrogen-bond acceptors (Lipinski definition) is 4. The lowest BCUT2D eigenvalue weighted by Crippen LogP contribution is -2.41. The van der Waals surface area contributed by atoms with Crippen LogP contribution >= 0.6 is 0 Å². The van der Waals surface area contributed by atoms with E-state index in [4.69, 9.17) is 9.31 Å². The Balaban J connectivity index is 2.31. The fraction of sp³-hybridized carbons (Fsp3) is 0.571. The van der Waals surface area contributed by atoms with Crippen molar-refractivity contribution in [3.63, 3.8) is 0 Å². The highest BCUT2D eigenvalue weighted by Gasteiger charge is 2.51. The smallest absolute Gasteiger partial charge is 0.399 e. The van der Waals surface area contributed by atoms with E-state index in [-0.39, 0.29) is 0 Å². The normalized spacial score (nSPS) is 20.2. The predicted molar refractivity (Wildman–Crippen MR) is 88.5 cm³/mol. The lowest BCUT2D eigenvalue weighted by molar-refractivity contribution is 0.00578. The number of hydrogen-bond donors (Lipinski definition) is 1. The highest BCUT2D eigenvalue weighted by molar-refractivity contribution is 7.90. The lowest BCUT2D eigenvalue weighted by atomic mass is 9.79. The molecule has 1 aliphatic heterocycles. The van der Waals surface area contributed by atoms with E-state index in [1.54, 1.807) is 18.2 Å². The molecule has 1 heterocycles. The second kappa shape index (κ2) is 5.52. The molecule has 6 nitrogen and oxygen atoms in total. The minimum absolute atomic E-state index is 0.434. The van der Waals surface area contributed by atoms with E-state index in [1.807, 2.05) is 33.8 Å². The van der Waals surface area contributed by atoms with Crippen molar-refractivity contribution in [2.75, 3.05) is 18.4 Å². The van der Waals surface area contributed by atoms with Crippen molar-refractivity contribution in [3.05, 3.63) is 24.3 Å².